The molecule has 0 bridgehead atoms. The van der Waals surface area contributed by atoms with Crippen molar-refractivity contribution < 1.29 is 4.74 Å². The van der Waals surface area contributed by atoms with Crippen molar-refractivity contribution in [3.63, 3.8) is 0 Å². The highest BCUT2D eigenvalue weighted by molar-refractivity contribution is 6.18. The summed E-state index contributed by atoms with van der Waals surface area (Å²) < 4.78 is 5.18. The van der Waals surface area contributed by atoms with Crippen molar-refractivity contribution in [2.45, 2.75) is 33.1 Å². The first-order valence-electron chi connectivity index (χ1n) is 4.59. The average Bonchev–Trinajstić information content (AvgIpc) is 2.68. The molecule has 1 saturated carbocycles. The molecule has 0 saturated heterocycles. The second-order valence-electron chi connectivity index (χ2n) is 4.91. The zero-order valence-electron chi connectivity index (χ0n) is 8.32. The first-order chi connectivity index (χ1) is 5.54. The molecule has 0 aliphatic heterocycles. The minimum atomic E-state index is 0.292. The summed E-state index contributed by atoms with van der Waals surface area (Å²) in [5, 5.41) is 0. The molecule has 1 rings (SSSR count). The van der Waals surface area contributed by atoms with Crippen LogP contribution in [-0.2, 0) is 4.74 Å². The van der Waals surface area contributed by atoms with Gasteiger partial charge >= 0.3 is 0 Å². The third-order valence-corrected chi connectivity index (χ3v) is 3.20. The van der Waals surface area contributed by atoms with Gasteiger partial charge in [0.25, 0.3) is 0 Å². The van der Waals surface area contributed by atoms with Crippen molar-refractivity contribution in [1.82, 2.24) is 0 Å². The van der Waals surface area contributed by atoms with Crippen LogP contribution in [0.25, 0.3) is 0 Å². The normalized spacial score (nSPS) is 21.0. The van der Waals surface area contributed by atoms with E-state index in [1.807, 2.05) is 0 Å². The topological polar surface area (TPSA) is 9.23 Å². The van der Waals surface area contributed by atoms with Crippen molar-refractivity contribution in [2.75, 3.05) is 19.6 Å². The quantitative estimate of drug-likeness (QED) is 0.606. The molecular formula is C10H19ClO. The average molecular weight is 191 g/mol. The van der Waals surface area contributed by atoms with E-state index in [1.165, 1.54) is 19.3 Å². The Labute approximate surface area is 80.4 Å². The Morgan fingerprint density at radius 2 is 2.00 bits per heavy atom. The SMILES string of the molecule is COCC(C)(C)CC1(CCl)CC1. The maximum atomic E-state index is 5.92. The van der Waals surface area contributed by atoms with Gasteiger partial charge in [0.2, 0.25) is 0 Å². The molecule has 0 unspecified atom stereocenters. The van der Waals surface area contributed by atoms with Crippen molar-refractivity contribution >= 4 is 11.6 Å². The summed E-state index contributed by atoms with van der Waals surface area (Å²) in [5.41, 5.74) is 0.754. The smallest absolute Gasteiger partial charge is 0.0513 e. The van der Waals surface area contributed by atoms with Crippen LogP contribution in [0.2, 0.25) is 0 Å². The standard InChI is InChI=1S/C10H19ClO/c1-9(2,8-12-3)6-10(7-11)4-5-10/h4-8H2,1-3H3. The summed E-state index contributed by atoms with van der Waals surface area (Å²) in [6.45, 7) is 5.35. The van der Waals surface area contributed by atoms with E-state index in [2.05, 4.69) is 13.8 Å². The lowest BCUT2D eigenvalue weighted by molar-refractivity contribution is 0.0842. The summed E-state index contributed by atoms with van der Waals surface area (Å²) in [6, 6.07) is 0. The van der Waals surface area contributed by atoms with Crippen LogP contribution in [0.5, 0.6) is 0 Å². The van der Waals surface area contributed by atoms with E-state index in [4.69, 9.17) is 16.3 Å². The van der Waals surface area contributed by atoms with Crippen LogP contribution < -0.4 is 0 Å². The molecule has 0 amide bonds. The van der Waals surface area contributed by atoms with Gasteiger partial charge in [-0.05, 0) is 30.1 Å². The Morgan fingerprint density at radius 1 is 1.42 bits per heavy atom. The van der Waals surface area contributed by atoms with Gasteiger partial charge in [0.1, 0.15) is 0 Å². The monoisotopic (exact) mass is 190 g/mol. The van der Waals surface area contributed by atoms with Gasteiger partial charge in [0.15, 0.2) is 0 Å². The van der Waals surface area contributed by atoms with Crippen LogP contribution in [0.4, 0.5) is 0 Å². The number of hydrogen-bond acceptors (Lipinski definition) is 1. The third-order valence-electron chi connectivity index (χ3n) is 2.63. The Kier molecular flexibility index (Phi) is 3.06. The first kappa shape index (κ1) is 10.3. The summed E-state index contributed by atoms with van der Waals surface area (Å²) in [7, 11) is 1.77. The molecule has 12 heavy (non-hydrogen) atoms. The molecule has 1 aliphatic rings. The lowest BCUT2D eigenvalue weighted by Crippen LogP contribution is -2.23. The van der Waals surface area contributed by atoms with Gasteiger partial charge in [-0.3, -0.25) is 0 Å². The molecule has 0 N–H and O–H groups in total. The van der Waals surface area contributed by atoms with E-state index < -0.39 is 0 Å². The second-order valence-corrected chi connectivity index (χ2v) is 5.17. The van der Waals surface area contributed by atoms with Crippen LogP contribution >= 0.6 is 11.6 Å². The van der Waals surface area contributed by atoms with Gasteiger partial charge in [0, 0.05) is 13.0 Å². The van der Waals surface area contributed by atoms with Gasteiger partial charge in [-0.15, -0.1) is 11.6 Å². The molecule has 0 atom stereocenters. The Hall–Kier alpha value is 0.250. The highest BCUT2D eigenvalue weighted by Gasteiger charge is 2.45. The van der Waals surface area contributed by atoms with Gasteiger partial charge in [-0.2, -0.15) is 0 Å². The van der Waals surface area contributed by atoms with Crippen LogP contribution in [0.3, 0.4) is 0 Å². The minimum absolute atomic E-state index is 0.292. The van der Waals surface area contributed by atoms with Gasteiger partial charge in [-0.25, -0.2) is 0 Å². The Morgan fingerprint density at radius 3 is 2.33 bits per heavy atom. The zero-order valence-corrected chi connectivity index (χ0v) is 9.08. The number of ether oxygens (including phenoxy) is 1. The van der Waals surface area contributed by atoms with Gasteiger partial charge in [0.05, 0.1) is 6.61 Å². The van der Waals surface area contributed by atoms with E-state index in [9.17, 15) is 0 Å². The maximum Gasteiger partial charge on any atom is 0.0513 e. The molecule has 0 spiro atoms. The first-order valence-corrected chi connectivity index (χ1v) is 5.12. The molecule has 72 valence electrons. The lowest BCUT2D eigenvalue weighted by Gasteiger charge is -2.27. The highest BCUT2D eigenvalue weighted by Crippen LogP contribution is 2.53. The molecule has 0 heterocycles. The fourth-order valence-electron chi connectivity index (χ4n) is 1.99. The number of rotatable bonds is 5. The molecule has 0 aromatic rings. The van der Waals surface area contributed by atoms with E-state index in [0.717, 1.165) is 12.5 Å². The van der Waals surface area contributed by atoms with E-state index in [0.29, 0.717) is 10.8 Å². The maximum absolute atomic E-state index is 5.92. The molecule has 0 aromatic carbocycles. The van der Waals surface area contributed by atoms with Crippen LogP contribution in [0.15, 0.2) is 0 Å². The predicted octanol–water partition coefficient (Wildman–Crippen LogP) is 3.07. The van der Waals surface area contributed by atoms with E-state index >= 15 is 0 Å². The van der Waals surface area contributed by atoms with Crippen molar-refractivity contribution in [3.05, 3.63) is 0 Å². The van der Waals surface area contributed by atoms with Gasteiger partial charge in [-0.1, -0.05) is 13.8 Å². The number of alkyl halides is 1. The predicted molar refractivity (Wildman–Crippen MR) is 52.7 cm³/mol. The second kappa shape index (κ2) is 3.55. The number of halogens is 1. The largest absolute Gasteiger partial charge is 0.384 e. The highest BCUT2D eigenvalue weighted by atomic mass is 35.5. The number of methoxy groups -OCH3 is 1. The zero-order chi connectivity index (χ0) is 9.24. The van der Waals surface area contributed by atoms with Crippen molar-refractivity contribution in [3.8, 4) is 0 Å². The Bertz CT molecular complexity index is 150. The molecule has 0 radical (unpaired) electrons. The summed E-state index contributed by atoms with van der Waals surface area (Å²) in [5.74, 6) is 0.820. The fraction of sp³-hybridized carbons (Fsp3) is 1.00. The minimum Gasteiger partial charge on any atom is -0.384 e. The van der Waals surface area contributed by atoms with Crippen molar-refractivity contribution in [2.24, 2.45) is 10.8 Å². The van der Waals surface area contributed by atoms with Crippen molar-refractivity contribution in [1.29, 1.82) is 0 Å². The molecule has 1 nitrogen and oxygen atoms in total. The fourth-order valence-corrected chi connectivity index (χ4v) is 2.35. The Balaban J connectivity index is 2.38. The summed E-state index contributed by atoms with van der Waals surface area (Å²) in [4.78, 5) is 0. The summed E-state index contributed by atoms with van der Waals surface area (Å²) in [6.07, 6.45) is 3.82. The van der Waals surface area contributed by atoms with E-state index in [1.54, 1.807) is 7.11 Å². The van der Waals surface area contributed by atoms with Gasteiger partial charge < -0.3 is 4.74 Å². The van der Waals surface area contributed by atoms with Crippen LogP contribution in [-0.4, -0.2) is 19.6 Å². The molecule has 0 aromatic heterocycles. The third kappa shape index (κ3) is 2.63. The van der Waals surface area contributed by atoms with E-state index in [-0.39, 0.29) is 0 Å². The molecule has 1 aliphatic carbocycles. The molecule has 2 heteroatoms. The van der Waals surface area contributed by atoms with Crippen LogP contribution in [0.1, 0.15) is 33.1 Å². The number of hydrogen-bond donors (Lipinski definition) is 0. The molecular weight excluding hydrogens is 172 g/mol. The lowest BCUT2D eigenvalue weighted by atomic mass is 9.82. The molecule has 1 fully saturated rings. The summed E-state index contributed by atoms with van der Waals surface area (Å²) >= 11 is 5.92. The van der Waals surface area contributed by atoms with Crippen LogP contribution in [0, 0.1) is 10.8 Å².